The summed E-state index contributed by atoms with van der Waals surface area (Å²) in [6, 6.07) is 0.768. The van der Waals surface area contributed by atoms with Gasteiger partial charge in [-0.15, -0.1) is 0 Å². The smallest absolute Gasteiger partial charge is 0.421 e. The summed E-state index contributed by atoms with van der Waals surface area (Å²) in [5, 5.41) is 9.04. The van der Waals surface area contributed by atoms with Crippen LogP contribution in [-0.2, 0) is 23.9 Å². The number of anilines is 1. The van der Waals surface area contributed by atoms with Gasteiger partial charge in [0, 0.05) is 56.8 Å². The highest BCUT2D eigenvalue weighted by atomic mass is 19.4. The van der Waals surface area contributed by atoms with Crippen LogP contribution in [0.25, 0.3) is 0 Å². The summed E-state index contributed by atoms with van der Waals surface area (Å²) in [7, 11) is 0. The van der Waals surface area contributed by atoms with Crippen LogP contribution in [-0.4, -0.2) is 63.3 Å². The lowest BCUT2D eigenvalue weighted by Crippen LogP contribution is -2.50. The van der Waals surface area contributed by atoms with Gasteiger partial charge in [0.15, 0.2) is 0 Å². The third-order valence-electron chi connectivity index (χ3n) is 4.79. The number of aliphatic hydroxyl groups is 1. The molecule has 9 nitrogen and oxygen atoms in total. The topological polar surface area (TPSA) is 112 Å². The molecule has 1 fully saturated rings. The number of H-pyrrole nitrogens is 1. The average Bonchev–Trinajstić information content (AvgIpc) is 2.74. The van der Waals surface area contributed by atoms with Crippen molar-refractivity contribution < 1.29 is 27.8 Å². The van der Waals surface area contributed by atoms with E-state index in [1.165, 1.54) is 23.5 Å². The Hall–Kier alpha value is -3.15. The van der Waals surface area contributed by atoms with Gasteiger partial charge in [0.05, 0.1) is 6.61 Å². The zero-order valence-electron chi connectivity index (χ0n) is 16.7. The predicted octanol–water partition coefficient (Wildman–Crippen LogP) is 1.57. The molecule has 0 bridgehead atoms. The summed E-state index contributed by atoms with van der Waals surface area (Å²) in [5.74, 6) is 0.497. The quantitative estimate of drug-likeness (QED) is 0.724. The molecule has 3 rings (SSSR count). The number of carbonyl (C=O) groups is 1. The maximum Gasteiger partial charge on any atom is 0.421 e. The minimum absolute atomic E-state index is 0.0244. The van der Waals surface area contributed by atoms with Gasteiger partial charge in [0.2, 0.25) is 5.95 Å². The summed E-state index contributed by atoms with van der Waals surface area (Å²) >= 11 is 0. The van der Waals surface area contributed by atoms with E-state index in [0.29, 0.717) is 37.7 Å². The Morgan fingerprint density at radius 2 is 1.87 bits per heavy atom. The first kappa shape index (κ1) is 22.5. The van der Waals surface area contributed by atoms with Crippen molar-refractivity contribution in [2.45, 2.75) is 32.2 Å². The molecule has 0 saturated carbocycles. The van der Waals surface area contributed by atoms with Gasteiger partial charge in [-0.3, -0.25) is 4.79 Å². The molecule has 0 aliphatic carbocycles. The molecule has 1 aliphatic rings. The van der Waals surface area contributed by atoms with Crippen LogP contribution in [0.3, 0.4) is 0 Å². The van der Waals surface area contributed by atoms with Crippen LogP contribution in [0.15, 0.2) is 29.5 Å². The Morgan fingerprint density at radius 3 is 2.45 bits per heavy atom. The fourth-order valence-corrected chi connectivity index (χ4v) is 3.16. The highest BCUT2D eigenvalue weighted by Crippen LogP contribution is 2.27. The van der Waals surface area contributed by atoms with Gasteiger partial charge in [0.25, 0.3) is 5.56 Å². The molecule has 12 heteroatoms. The van der Waals surface area contributed by atoms with E-state index in [9.17, 15) is 22.8 Å². The van der Waals surface area contributed by atoms with Crippen molar-refractivity contribution in [2.75, 3.05) is 31.1 Å². The highest BCUT2D eigenvalue weighted by Gasteiger charge is 2.34. The van der Waals surface area contributed by atoms with Crippen LogP contribution >= 0.6 is 0 Å². The number of ether oxygens (including phenoxy) is 1. The van der Waals surface area contributed by atoms with Gasteiger partial charge in [-0.1, -0.05) is 0 Å². The lowest BCUT2D eigenvalue weighted by molar-refractivity contribution is -0.138. The van der Waals surface area contributed by atoms with Crippen LogP contribution < -0.4 is 10.5 Å². The number of amides is 1. The number of aromatic amines is 1. The van der Waals surface area contributed by atoms with E-state index in [-0.39, 0.29) is 18.6 Å². The summed E-state index contributed by atoms with van der Waals surface area (Å²) in [6.45, 7) is 3.13. The number of alkyl halides is 3. The molecular weight excluding hydrogens is 419 g/mol. The molecule has 1 amide bonds. The monoisotopic (exact) mass is 441 g/mol. The summed E-state index contributed by atoms with van der Waals surface area (Å²) < 4.78 is 44.0. The number of aromatic nitrogens is 3. The van der Waals surface area contributed by atoms with E-state index in [0.717, 1.165) is 6.07 Å². The summed E-state index contributed by atoms with van der Waals surface area (Å²) in [5.41, 5.74) is -1.69. The molecule has 2 aromatic heterocycles. The molecule has 31 heavy (non-hydrogen) atoms. The highest BCUT2D eigenvalue weighted by molar-refractivity contribution is 5.68. The molecular formula is C19H22F3N5O4. The number of pyridine rings is 1. The number of hydrogen-bond acceptors (Lipinski definition) is 7. The fraction of sp³-hybridized carbons (Fsp3) is 0.474. The Morgan fingerprint density at radius 1 is 1.23 bits per heavy atom. The Balaban J connectivity index is 1.52. The Bertz CT molecular complexity index is 956. The first-order valence-electron chi connectivity index (χ1n) is 9.58. The minimum atomic E-state index is -4.76. The number of piperazine rings is 1. The van der Waals surface area contributed by atoms with Gasteiger partial charge in [-0.2, -0.15) is 13.2 Å². The second-order valence-corrected chi connectivity index (χ2v) is 7.17. The number of halogens is 3. The summed E-state index contributed by atoms with van der Waals surface area (Å²) in [6.07, 6.45) is -1.74. The molecule has 1 saturated heterocycles. The normalized spacial score (nSPS) is 15.6. The molecule has 0 spiro atoms. The van der Waals surface area contributed by atoms with Crippen LogP contribution in [0.5, 0.6) is 0 Å². The molecule has 1 aliphatic heterocycles. The second-order valence-electron chi connectivity index (χ2n) is 7.17. The van der Waals surface area contributed by atoms with Crippen molar-refractivity contribution in [3.63, 3.8) is 0 Å². The number of rotatable bonds is 5. The van der Waals surface area contributed by atoms with Gasteiger partial charge in [-0.25, -0.2) is 14.8 Å². The molecule has 3 heterocycles. The number of nitrogens with zero attached hydrogens (tertiary/aromatic N) is 4. The second kappa shape index (κ2) is 9.33. The van der Waals surface area contributed by atoms with Gasteiger partial charge < -0.3 is 24.6 Å². The predicted molar refractivity (Wildman–Crippen MR) is 103 cm³/mol. The third kappa shape index (κ3) is 5.72. The van der Waals surface area contributed by atoms with E-state index >= 15 is 0 Å². The van der Waals surface area contributed by atoms with Crippen molar-refractivity contribution in [1.29, 1.82) is 0 Å². The lowest BCUT2D eigenvalue weighted by Gasteiger charge is -2.34. The molecule has 168 valence electrons. The lowest BCUT2D eigenvalue weighted by atomic mass is 10.1. The van der Waals surface area contributed by atoms with E-state index in [1.54, 1.807) is 6.92 Å². The molecule has 1 atom stereocenters. The fourth-order valence-electron chi connectivity index (χ4n) is 3.16. The number of nitrogens with one attached hydrogen (secondary N) is 1. The standard InChI is InChI=1S/C19H22F3N5O4/c1-12(6-13-7-15(19(20,21)22)16(29)23-8-13)31-18(30)27-4-2-26(3-5-27)17-24-9-14(11-28)10-25-17/h7-10,12,28H,2-6,11H2,1H3,(H,23,29)/t12-/m0/s1. The van der Waals surface area contributed by atoms with Crippen LogP contribution in [0.2, 0.25) is 0 Å². The van der Waals surface area contributed by atoms with Crippen LogP contribution in [0, 0.1) is 0 Å². The third-order valence-corrected chi connectivity index (χ3v) is 4.79. The van der Waals surface area contributed by atoms with Crippen molar-refractivity contribution in [3.8, 4) is 0 Å². The van der Waals surface area contributed by atoms with Gasteiger partial charge >= 0.3 is 12.3 Å². The Kier molecular flexibility index (Phi) is 6.78. The first-order valence-corrected chi connectivity index (χ1v) is 9.58. The van der Waals surface area contributed by atoms with Crippen molar-refractivity contribution in [3.05, 3.63) is 51.7 Å². The Labute approximate surface area is 175 Å². The first-order chi connectivity index (χ1) is 14.7. The number of carbonyl (C=O) groups excluding carboxylic acids is 1. The maximum atomic E-state index is 12.9. The average molecular weight is 441 g/mol. The van der Waals surface area contributed by atoms with E-state index in [2.05, 4.69) is 15.0 Å². The molecule has 0 aromatic carbocycles. The van der Waals surface area contributed by atoms with E-state index in [4.69, 9.17) is 9.84 Å². The zero-order valence-corrected chi connectivity index (χ0v) is 16.7. The molecule has 2 N–H and O–H groups in total. The van der Waals surface area contributed by atoms with Crippen molar-refractivity contribution >= 4 is 12.0 Å². The van der Waals surface area contributed by atoms with Gasteiger partial charge in [-0.05, 0) is 18.6 Å². The minimum Gasteiger partial charge on any atom is -0.446 e. The molecule has 0 radical (unpaired) electrons. The summed E-state index contributed by atoms with van der Waals surface area (Å²) in [4.78, 5) is 37.6. The SMILES string of the molecule is C[C@@H](Cc1c[nH]c(=O)c(C(F)(F)F)c1)OC(=O)N1CCN(c2ncc(CO)cn2)CC1. The molecule has 0 unspecified atom stereocenters. The van der Waals surface area contributed by atoms with E-state index in [1.807, 2.05) is 4.90 Å². The van der Waals surface area contributed by atoms with Crippen LogP contribution in [0.1, 0.15) is 23.6 Å². The number of hydrogen-bond donors (Lipinski definition) is 2. The molecule has 2 aromatic rings. The maximum absolute atomic E-state index is 12.9. The van der Waals surface area contributed by atoms with Crippen molar-refractivity contribution in [1.82, 2.24) is 19.9 Å². The van der Waals surface area contributed by atoms with Crippen LogP contribution in [0.4, 0.5) is 23.9 Å². The van der Waals surface area contributed by atoms with E-state index < -0.39 is 29.5 Å². The number of aliphatic hydroxyl groups excluding tert-OH is 1. The van der Waals surface area contributed by atoms with Gasteiger partial charge in [0.1, 0.15) is 11.7 Å². The largest absolute Gasteiger partial charge is 0.446 e. The zero-order chi connectivity index (χ0) is 22.6. The van der Waals surface area contributed by atoms with Crippen molar-refractivity contribution in [2.24, 2.45) is 0 Å².